The topological polar surface area (TPSA) is 30.5 Å². The molecule has 2 heterocycles. The summed E-state index contributed by atoms with van der Waals surface area (Å²) in [6.45, 7) is 5.23. The van der Waals surface area contributed by atoms with Crippen LogP contribution >= 0.6 is 0 Å². The maximum atomic E-state index is 5.96. The zero-order valence-corrected chi connectivity index (χ0v) is 10.9. The summed E-state index contributed by atoms with van der Waals surface area (Å²) in [4.78, 5) is 0. The standard InChI is InChI=1S/C14H25NO2/c1-11-12(3-7-16-11)10-15-13-4-8-17-14(9-13)5-2-6-14/h11-13,15H,2-10H2,1H3. The average Bonchev–Trinajstić information content (AvgIpc) is 2.71. The molecule has 3 atom stereocenters. The quantitative estimate of drug-likeness (QED) is 0.818. The molecule has 3 unspecified atom stereocenters. The molecule has 0 aromatic carbocycles. The lowest BCUT2D eigenvalue weighted by Crippen LogP contribution is -2.51. The van der Waals surface area contributed by atoms with Crippen molar-refractivity contribution in [2.45, 2.75) is 63.2 Å². The lowest BCUT2D eigenvalue weighted by Gasteiger charge is -2.47. The molecule has 2 saturated heterocycles. The van der Waals surface area contributed by atoms with Crippen LogP contribution in [0.15, 0.2) is 0 Å². The van der Waals surface area contributed by atoms with Gasteiger partial charge in [-0.15, -0.1) is 0 Å². The molecule has 0 radical (unpaired) electrons. The fourth-order valence-electron chi connectivity index (χ4n) is 3.48. The largest absolute Gasteiger partial charge is 0.378 e. The number of ether oxygens (including phenoxy) is 2. The molecular weight excluding hydrogens is 214 g/mol. The predicted molar refractivity (Wildman–Crippen MR) is 67.1 cm³/mol. The minimum atomic E-state index is 0.272. The summed E-state index contributed by atoms with van der Waals surface area (Å²) < 4.78 is 11.6. The van der Waals surface area contributed by atoms with E-state index in [1.165, 1.54) is 38.5 Å². The van der Waals surface area contributed by atoms with E-state index in [1.54, 1.807) is 0 Å². The van der Waals surface area contributed by atoms with E-state index < -0.39 is 0 Å². The zero-order valence-electron chi connectivity index (χ0n) is 10.9. The molecule has 3 aliphatic rings. The van der Waals surface area contributed by atoms with Crippen LogP contribution in [0.25, 0.3) is 0 Å². The lowest BCUT2D eigenvalue weighted by molar-refractivity contribution is -0.135. The van der Waals surface area contributed by atoms with Crippen molar-refractivity contribution in [3.8, 4) is 0 Å². The van der Waals surface area contributed by atoms with Gasteiger partial charge in [-0.2, -0.15) is 0 Å². The maximum absolute atomic E-state index is 5.96. The van der Waals surface area contributed by atoms with Gasteiger partial charge in [0.05, 0.1) is 11.7 Å². The van der Waals surface area contributed by atoms with E-state index in [1.807, 2.05) is 0 Å². The number of rotatable bonds is 3. The molecule has 3 fully saturated rings. The SMILES string of the molecule is CC1OCCC1CNC1CCOC2(CCC2)C1. The fraction of sp³-hybridized carbons (Fsp3) is 1.00. The Bertz CT molecular complexity index is 265. The van der Waals surface area contributed by atoms with Crippen LogP contribution in [-0.4, -0.2) is 37.5 Å². The van der Waals surface area contributed by atoms with Gasteiger partial charge in [-0.3, -0.25) is 0 Å². The van der Waals surface area contributed by atoms with Gasteiger partial charge in [0.2, 0.25) is 0 Å². The lowest BCUT2D eigenvalue weighted by atomic mass is 9.74. The van der Waals surface area contributed by atoms with Crippen molar-refractivity contribution in [3.63, 3.8) is 0 Å². The van der Waals surface area contributed by atoms with Gasteiger partial charge in [-0.05, 0) is 51.4 Å². The molecule has 1 aliphatic carbocycles. The highest BCUT2D eigenvalue weighted by Gasteiger charge is 2.42. The van der Waals surface area contributed by atoms with Gasteiger partial charge >= 0.3 is 0 Å². The van der Waals surface area contributed by atoms with E-state index in [-0.39, 0.29) is 5.60 Å². The van der Waals surface area contributed by atoms with Gasteiger partial charge in [-0.25, -0.2) is 0 Å². The molecular formula is C14H25NO2. The Morgan fingerprint density at radius 1 is 1.24 bits per heavy atom. The summed E-state index contributed by atoms with van der Waals surface area (Å²) in [6.07, 6.45) is 8.02. The highest BCUT2D eigenvalue weighted by molar-refractivity contribution is 4.96. The predicted octanol–water partition coefficient (Wildman–Crippen LogP) is 2.10. The second-order valence-electron chi connectivity index (χ2n) is 6.11. The molecule has 1 spiro atoms. The van der Waals surface area contributed by atoms with Crippen LogP contribution in [0.3, 0.4) is 0 Å². The Hall–Kier alpha value is -0.120. The van der Waals surface area contributed by atoms with Gasteiger partial charge < -0.3 is 14.8 Å². The van der Waals surface area contributed by atoms with Crippen LogP contribution in [0.4, 0.5) is 0 Å². The van der Waals surface area contributed by atoms with Crippen molar-refractivity contribution in [1.29, 1.82) is 0 Å². The first-order chi connectivity index (χ1) is 8.27. The third-order valence-corrected chi connectivity index (χ3v) is 4.96. The Balaban J connectivity index is 1.45. The van der Waals surface area contributed by atoms with Crippen molar-refractivity contribution in [3.05, 3.63) is 0 Å². The highest BCUT2D eigenvalue weighted by Crippen LogP contribution is 2.42. The summed E-state index contributed by atoms with van der Waals surface area (Å²) in [5, 5.41) is 3.76. The van der Waals surface area contributed by atoms with E-state index in [2.05, 4.69) is 12.2 Å². The summed E-state index contributed by atoms with van der Waals surface area (Å²) in [7, 11) is 0. The molecule has 0 aromatic heterocycles. The van der Waals surface area contributed by atoms with E-state index in [0.717, 1.165) is 25.7 Å². The molecule has 17 heavy (non-hydrogen) atoms. The van der Waals surface area contributed by atoms with E-state index in [9.17, 15) is 0 Å². The summed E-state index contributed by atoms with van der Waals surface area (Å²) in [5.41, 5.74) is 0.272. The minimum absolute atomic E-state index is 0.272. The van der Waals surface area contributed by atoms with Gasteiger partial charge in [0.15, 0.2) is 0 Å². The van der Waals surface area contributed by atoms with Gasteiger partial charge in [-0.1, -0.05) is 0 Å². The smallest absolute Gasteiger partial charge is 0.0697 e. The molecule has 2 aliphatic heterocycles. The van der Waals surface area contributed by atoms with Crippen LogP contribution in [0.5, 0.6) is 0 Å². The highest BCUT2D eigenvalue weighted by atomic mass is 16.5. The molecule has 0 aromatic rings. The van der Waals surface area contributed by atoms with Crippen molar-refractivity contribution >= 4 is 0 Å². The third kappa shape index (κ3) is 2.51. The molecule has 0 amide bonds. The van der Waals surface area contributed by atoms with Crippen LogP contribution < -0.4 is 5.32 Å². The number of nitrogens with one attached hydrogen (secondary N) is 1. The molecule has 1 saturated carbocycles. The molecule has 98 valence electrons. The molecule has 1 N–H and O–H groups in total. The van der Waals surface area contributed by atoms with E-state index >= 15 is 0 Å². The Labute approximate surface area is 104 Å². The van der Waals surface area contributed by atoms with E-state index in [4.69, 9.17) is 9.47 Å². The molecule has 3 nitrogen and oxygen atoms in total. The Morgan fingerprint density at radius 3 is 2.76 bits per heavy atom. The zero-order chi connectivity index (χ0) is 11.7. The van der Waals surface area contributed by atoms with Crippen LogP contribution in [0.1, 0.15) is 45.4 Å². The maximum Gasteiger partial charge on any atom is 0.0697 e. The van der Waals surface area contributed by atoms with Gasteiger partial charge in [0.1, 0.15) is 0 Å². The molecule has 3 heteroatoms. The Morgan fingerprint density at radius 2 is 2.12 bits per heavy atom. The summed E-state index contributed by atoms with van der Waals surface area (Å²) in [5.74, 6) is 0.718. The first-order valence-electron chi connectivity index (χ1n) is 7.26. The summed E-state index contributed by atoms with van der Waals surface area (Å²) >= 11 is 0. The van der Waals surface area contributed by atoms with Crippen molar-refractivity contribution in [2.24, 2.45) is 5.92 Å². The monoisotopic (exact) mass is 239 g/mol. The number of hydrogen-bond donors (Lipinski definition) is 1. The minimum Gasteiger partial charge on any atom is -0.378 e. The first-order valence-corrected chi connectivity index (χ1v) is 7.26. The fourth-order valence-corrected chi connectivity index (χ4v) is 3.48. The average molecular weight is 239 g/mol. The normalized spacial score (nSPS) is 40.4. The molecule has 3 rings (SSSR count). The van der Waals surface area contributed by atoms with E-state index in [0.29, 0.717) is 12.1 Å². The van der Waals surface area contributed by atoms with Gasteiger partial charge in [0, 0.05) is 25.8 Å². The van der Waals surface area contributed by atoms with Crippen molar-refractivity contribution < 1.29 is 9.47 Å². The second kappa shape index (κ2) is 4.87. The van der Waals surface area contributed by atoms with Crippen LogP contribution in [-0.2, 0) is 9.47 Å². The summed E-state index contributed by atoms with van der Waals surface area (Å²) in [6, 6.07) is 0.678. The van der Waals surface area contributed by atoms with Crippen LogP contribution in [0.2, 0.25) is 0 Å². The molecule has 0 bridgehead atoms. The Kier molecular flexibility index (Phi) is 3.42. The van der Waals surface area contributed by atoms with Crippen molar-refractivity contribution in [1.82, 2.24) is 5.32 Å². The third-order valence-electron chi connectivity index (χ3n) is 4.96. The van der Waals surface area contributed by atoms with Crippen molar-refractivity contribution in [2.75, 3.05) is 19.8 Å². The van der Waals surface area contributed by atoms with Gasteiger partial charge in [0.25, 0.3) is 0 Å². The second-order valence-corrected chi connectivity index (χ2v) is 6.11. The first kappa shape index (κ1) is 11.9. The van der Waals surface area contributed by atoms with Crippen LogP contribution in [0, 0.1) is 5.92 Å². The number of hydrogen-bond acceptors (Lipinski definition) is 3.